The maximum atomic E-state index is 11.6. The van der Waals surface area contributed by atoms with Crippen LogP contribution in [0.3, 0.4) is 0 Å². The van der Waals surface area contributed by atoms with Crippen molar-refractivity contribution in [1.82, 2.24) is 9.62 Å². The molecule has 1 aliphatic heterocycles. The number of hydrogen-bond acceptors (Lipinski definition) is 4. The van der Waals surface area contributed by atoms with Crippen molar-refractivity contribution in [3.8, 4) is 0 Å². The van der Waals surface area contributed by atoms with Crippen molar-refractivity contribution in [1.29, 1.82) is 0 Å². The van der Waals surface area contributed by atoms with Gasteiger partial charge in [0.25, 0.3) is 0 Å². The van der Waals surface area contributed by atoms with E-state index in [1.807, 2.05) is 0 Å². The van der Waals surface area contributed by atoms with Crippen LogP contribution in [0.4, 0.5) is 0 Å². The quantitative estimate of drug-likeness (QED) is 0.718. The number of sulfonamides is 1. The van der Waals surface area contributed by atoms with Gasteiger partial charge in [0.1, 0.15) is 0 Å². The van der Waals surface area contributed by atoms with Crippen molar-refractivity contribution in [2.45, 2.75) is 25.5 Å². The van der Waals surface area contributed by atoms with Crippen LogP contribution in [0.1, 0.15) is 20.3 Å². The summed E-state index contributed by atoms with van der Waals surface area (Å²) in [6.07, 6.45) is 1.06. The normalized spacial score (nSPS) is 22.5. The molecular weight excluding hydrogens is 240 g/mol. The predicted octanol–water partition coefficient (Wildman–Crippen LogP) is 0.283. The van der Waals surface area contributed by atoms with E-state index in [0.717, 1.165) is 32.7 Å². The smallest absolute Gasteiger partial charge is 0.213 e. The molecular formula is C11H24N2O3S. The van der Waals surface area contributed by atoms with Gasteiger partial charge in [0.05, 0.1) is 11.9 Å². The van der Waals surface area contributed by atoms with Crippen molar-refractivity contribution >= 4 is 10.0 Å². The van der Waals surface area contributed by atoms with Gasteiger partial charge in [-0.15, -0.1) is 0 Å². The lowest BCUT2D eigenvalue weighted by molar-refractivity contribution is 0.159. The van der Waals surface area contributed by atoms with Crippen LogP contribution >= 0.6 is 0 Å². The van der Waals surface area contributed by atoms with E-state index in [1.165, 1.54) is 0 Å². The number of ether oxygens (including phenoxy) is 1. The molecule has 0 aromatic rings. The van der Waals surface area contributed by atoms with Crippen LogP contribution < -0.4 is 4.72 Å². The van der Waals surface area contributed by atoms with Crippen LogP contribution in [-0.4, -0.2) is 58.5 Å². The SMILES string of the molecule is COCCN1CCC(CNS(=O)(=O)C(C)C)C1. The molecule has 5 nitrogen and oxygen atoms in total. The van der Waals surface area contributed by atoms with Crippen LogP contribution in [0, 0.1) is 5.92 Å². The number of hydrogen-bond donors (Lipinski definition) is 1. The van der Waals surface area contributed by atoms with Gasteiger partial charge in [-0.2, -0.15) is 0 Å². The van der Waals surface area contributed by atoms with Gasteiger partial charge in [0.15, 0.2) is 0 Å². The molecule has 0 saturated carbocycles. The standard InChI is InChI=1S/C11H24N2O3S/c1-10(2)17(14,15)12-8-11-4-5-13(9-11)6-7-16-3/h10-12H,4-9H2,1-3H3. The van der Waals surface area contributed by atoms with Crippen molar-refractivity contribution in [3.63, 3.8) is 0 Å². The monoisotopic (exact) mass is 264 g/mol. The Bertz CT molecular complexity index is 317. The third kappa shape index (κ3) is 4.91. The fraction of sp³-hybridized carbons (Fsp3) is 1.00. The first kappa shape index (κ1) is 14.9. The van der Waals surface area contributed by atoms with Gasteiger partial charge in [-0.25, -0.2) is 13.1 Å². The Hall–Kier alpha value is -0.170. The molecule has 0 radical (unpaired) electrons. The van der Waals surface area contributed by atoms with E-state index in [1.54, 1.807) is 21.0 Å². The van der Waals surface area contributed by atoms with Crippen LogP contribution in [0.5, 0.6) is 0 Å². The Morgan fingerprint density at radius 1 is 1.47 bits per heavy atom. The Morgan fingerprint density at radius 2 is 2.18 bits per heavy atom. The zero-order valence-corrected chi connectivity index (χ0v) is 11.8. The molecule has 0 amide bonds. The number of nitrogens with one attached hydrogen (secondary N) is 1. The average Bonchev–Trinajstić information content (AvgIpc) is 2.71. The van der Waals surface area contributed by atoms with Crippen LogP contribution in [0.2, 0.25) is 0 Å². The summed E-state index contributed by atoms with van der Waals surface area (Å²) in [6.45, 7) is 7.63. The second-order valence-corrected chi connectivity index (χ2v) is 7.21. The highest BCUT2D eigenvalue weighted by Crippen LogP contribution is 2.15. The summed E-state index contributed by atoms with van der Waals surface area (Å²) in [7, 11) is -1.41. The summed E-state index contributed by atoms with van der Waals surface area (Å²) in [4.78, 5) is 2.32. The predicted molar refractivity (Wildman–Crippen MR) is 68.5 cm³/mol. The van der Waals surface area contributed by atoms with Crippen LogP contribution in [0.25, 0.3) is 0 Å². The van der Waals surface area contributed by atoms with E-state index < -0.39 is 10.0 Å². The fourth-order valence-corrected chi connectivity index (χ4v) is 2.70. The summed E-state index contributed by atoms with van der Waals surface area (Å²) in [5.41, 5.74) is 0. The number of methoxy groups -OCH3 is 1. The lowest BCUT2D eigenvalue weighted by atomic mass is 10.1. The second-order valence-electron chi connectivity index (χ2n) is 4.89. The van der Waals surface area contributed by atoms with Gasteiger partial charge in [0, 0.05) is 26.7 Å². The molecule has 1 aliphatic rings. The molecule has 1 N–H and O–H groups in total. The summed E-state index contributed by atoms with van der Waals surface area (Å²) < 4.78 is 30.9. The van der Waals surface area contributed by atoms with Gasteiger partial charge in [-0.1, -0.05) is 0 Å². The average molecular weight is 264 g/mol. The number of likely N-dealkylation sites (tertiary alicyclic amines) is 1. The summed E-state index contributed by atoms with van der Waals surface area (Å²) in [5, 5.41) is -0.353. The van der Waals surface area contributed by atoms with Crippen LogP contribution in [-0.2, 0) is 14.8 Å². The van der Waals surface area contributed by atoms with E-state index in [9.17, 15) is 8.42 Å². The fourth-order valence-electron chi connectivity index (χ4n) is 1.90. The molecule has 1 atom stereocenters. The molecule has 6 heteroatoms. The third-order valence-electron chi connectivity index (χ3n) is 3.18. The third-order valence-corrected chi connectivity index (χ3v) is 4.99. The van der Waals surface area contributed by atoms with Crippen LogP contribution in [0.15, 0.2) is 0 Å². The van der Waals surface area contributed by atoms with Gasteiger partial charge < -0.3 is 9.64 Å². The molecule has 0 aliphatic carbocycles. The minimum absolute atomic E-state index is 0.353. The summed E-state index contributed by atoms with van der Waals surface area (Å²) >= 11 is 0. The van der Waals surface area contributed by atoms with E-state index in [2.05, 4.69) is 9.62 Å². The van der Waals surface area contributed by atoms with Crippen molar-refractivity contribution in [3.05, 3.63) is 0 Å². The Labute approximate surface area is 105 Å². The highest BCUT2D eigenvalue weighted by atomic mass is 32.2. The number of rotatable bonds is 7. The second kappa shape index (κ2) is 6.68. The van der Waals surface area contributed by atoms with Gasteiger partial charge in [0.2, 0.25) is 10.0 Å². The lowest BCUT2D eigenvalue weighted by Crippen LogP contribution is -2.35. The van der Waals surface area contributed by atoms with Gasteiger partial charge in [-0.05, 0) is 32.7 Å². The zero-order valence-electron chi connectivity index (χ0n) is 11.0. The van der Waals surface area contributed by atoms with E-state index in [4.69, 9.17) is 4.74 Å². The Kier molecular flexibility index (Phi) is 5.85. The molecule has 1 saturated heterocycles. The molecule has 0 spiro atoms. The van der Waals surface area contributed by atoms with Gasteiger partial charge >= 0.3 is 0 Å². The molecule has 1 fully saturated rings. The molecule has 17 heavy (non-hydrogen) atoms. The first-order valence-electron chi connectivity index (χ1n) is 6.15. The Balaban J connectivity index is 2.27. The minimum atomic E-state index is -3.11. The van der Waals surface area contributed by atoms with E-state index in [0.29, 0.717) is 12.5 Å². The van der Waals surface area contributed by atoms with Crippen molar-refractivity contribution in [2.24, 2.45) is 5.92 Å². The Morgan fingerprint density at radius 3 is 2.76 bits per heavy atom. The summed E-state index contributed by atoms with van der Waals surface area (Å²) in [5.74, 6) is 0.431. The highest BCUT2D eigenvalue weighted by molar-refractivity contribution is 7.90. The zero-order chi connectivity index (χ0) is 12.9. The molecule has 1 rings (SSSR count). The molecule has 0 aromatic heterocycles. The maximum absolute atomic E-state index is 11.6. The van der Waals surface area contributed by atoms with Crippen molar-refractivity contribution < 1.29 is 13.2 Å². The maximum Gasteiger partial charge on any atom is 0.213 e. The molecule has 0 bridgehead atoms. The highest BCUT2D eigenvalue weighted by Gasteiger charge is 2.24. The number of nitrogens with zero attached hydrogens (tertiary/aromatic N) is 1. The lowest BCUT2D eigenvalue weighted by Gasteiger charge is -2.16. The topological polar surface area (TPSA) is 58.6 Å². The minimum Gasteiger partial charge on any atom is -0.383 e. The molecule has 0 aromatic carbocycles. The molecule has 1 heterocycles. The largest absolute Gasteiger partial charge is 0.383 e. The first-order chi connectivity index (χ1) is 7.95. The molecule has 1 unspecified atom stereocenters. The van der Waals surface area contributed by atoms with E-state index >= 15 is 0 Å². The summed E-state index contributed by atoms with van der Waals surface area (Å²) in [6, 6.07) is 0. The first-order valence-corrected chi connectivity index (χ1v) is 7.70. The van der Waals surface area contributed by atoms with Gasteiger partial charge in [-0.3, -0.25) is 0 Å². The molecule has 102 valence electrons. The van der Waals surface area contributed by atoms with Crippen molar-refractivity contribution in [2.75, 3.05) is 39.9 Å². The van der Waals surface area contributed by atoms with E-state index in [-0.39, 0.29) is 5.25 Å².